The van der Waals surface area contributed by atoms with E-state index in [1.165, 1.54) is 31.2 Å². The van der Waals surface area contributed by atoms with Crippen LogP contribution in [-0.2, 0) is 0 Å². The Morgan fingerprint density at radius 2 is 1.24 bits per heavy atom. The van der Waals surface area contributed by atoms with E-state index in [1.54, 1.807) is 0 Å². The minimum atomic E-state index is -0.655. The molecule has 3 heteroatoms. The molecule has 0 aliphatic rings. The first-order valence-electron chi connectivity index (χ1n) is 8.02. The third-order valence-corrected chi connectivity index (χ3v) is 8.89. The highest BCUT2D eigenvalue weighted by Gasteiger charge is 2.21. The summed E-state index contributed by atoms with van der Waals surface area (Å²) in [4.78, 5) is 0. The maximum Gasteiger partial charge on any atom is 0.0337 e. The molecule has 4 aromatic carbocycles. The molecule has 1 unspecified atom stereocenters. The summed E-state index contributed by atoms with van der Waals surface area (Å²) in [5.41, 5.74) is 0. The zero-order valence-corrected chi connectivity index (χ0v) is 17.4. The van der Waals surface area contributed by atoms with Crippen LogP contribution in [0.3, 0.4) is 0 Å². The van der Waals surface area contributed by atoms with Crippen LogP contribution in [-0.4, -0.2) is 0 Å². The number of hydrogen-bond donors (Lipinski definition) is 0. The monoisotopic (exact) mass is 468 g/mol. The summed E-state index contributed by atoms with van der Waals surface area (Å²) in [7, 11) is -0.655. The van der Waals surface area contributed by atoms with Gasteiger partial charge in [0.2, 0.25) is 0 Å². The Morgan fingerprint density at radius 1 is 0.560 bits per heavy atom. The van der Waals surface area contributed by atoms with Gasteiger partial charge in [-0.1, -0.05) is 101 Å². The Morgan fingerprint density at radius 3 is 2.04 bits per heavy atom. The summed E-state index contributed by atoms with van der Waals surface area (Å²) in [6.45, 7) is 0. The van der Waals surface area contributed by atoms with Crippen molar-refractivity contribution in [1.82, 2.24) is 0 Å². The van der Waals surface area contributed by atoms with E-state index in [9.17, 15) is 0 Å². The van der Waals surface area contributed by atoms with Crippen LogP contribution >= 0.6 is 39.8 Å². The molecule has 0 bridgehead atoms. The molecule has 0 aliphatic carbocycles. The summed E-state index contributed by atoms with van der Waals surface area (Å²) < 4.78 is 2.35. The van der Waals surface area contributed by atoms with Crippen LogP contribution in [0.4, 0.5) is 0 Å². The third kappa shape index (κ3) is 3.31. The highest BCUT2D eigenvalue weighted by atomic mass is 79.9. The molecule has 1 atom stereocenters. The fourth-order valence-electron chi connectivity index (χ4n) is 3.01. The summed E-state index contributed by atoms with van der Waals surface area (Å²) >= 11 is 7.67. The lowest BCUT2D eigenvalue weighted by molar-refractivity contribution is 1.70. The maximum atomic E-state index is 3.90. The van der Waals surface area contributed by atoms with Crippen molar-refractivity contribution < 1.29 is 0 Å². The smallest absolute Gasteiger partial charge is 0.0337 e. The summed E-state index contributed by atoms with van der Waals surface area (Å²) in [6.07, 6.45) is 0. The van der Waals surface area contributed by atoms with Gasteiger partial charge < -0.3 is 0 Å². The summed E-state index contributed by atoms with van der Waals surface area (Å²) in [6, 6.07) is 32.3. The normalized spacial score (nSPS) is 12.2. The second kappa shape index (κ2) is 7.41. The van der Waals surface area contributed by atoms with Gasteiger partial charge in [0.25, 0.3) is 0 Å². The molecular weight excluding hydrogens is 455 g/mol. The molecule has 122 valence electrons. The molecule has 0 aliphatic heterocycles. The fraction of sp³-hybridized carbons (Fsp3) is 0. The topological polar surface area (TPSA) is 0 Å². The van der Waals surface area contributed by atoms with Gasteiger partial charge in [0.05, 0.1) is 0 Å². The highest BCUT2D eigenvalue weighted by molar-refractivity contribution is 9.11. The van der Waals surface area contributed by atoms with Gasteiger partial charge >= 0.3 is 0 Å². The molecule has 4 aromatic rings. The Labute approximate surface area is 165 Å². The van der Waals surface area contributed by atoms with Gasteiger partial charge in [-0.05, 0) is 56.6 Å². The molecule has 0 nitrogen and oxygen atoms in total. The van der Waals surface area contributed by atoms with Crippen LogP contribution < -0.4 is 15.9 Å². The average molecular weight is 470 g/mol. The van der Waals surface area contributed by atoms with Crippen molar-refractivity contribution in [2.45, 2.75) is 0 Å². The Hall–Kier alpha value is -1.47. The van der Waals surface area contributed by atoms with Crippen LogP contribution in [0.25, 0.3) is 10.8 Å². The first-order valence-corrected chi connectivity index (χ1v) is 11.0. The van der Waals surface area contributed by atoms with Gasteiger partial charge in [0, 0.05) is 8.95 Å². The van der Waals surface area contributed by atoms with E-state index in [0.717, 1.165) is 4.47 Å². The Kier molecular flexibility index (Phi) is 5.03. The Bertz CT molecular complexity index is 1030. The molecule has 0 saturated heterocycles. The number of rotatable bonds is 3. The van der Waals surface area contributed by atoms with Crippen LogP contribution in [0.5, 0.6) is 0 Å². The zero-order valence-electron chi connectivity index (χ0n) is 13.4. The lowest BCUT2D eigenvalue weighted by atomic mass is 10.1. The van der Waals surface area contributed by atoms with E-state index in [2.05, 4.69) is 123 Å². The SMILES string of the molecule is Brc1ccccc1P(c1ccccc1)c1ccc2ccccc2c1Br. The number of fused-ring (bicyclic) bond motifs is 1. The Balaban J connectivity index is 1.99. The first kappa shape index (κ1) is 17.0. The van der Waals surface area contributed by atoms with Gasteiger partial charge in [-0.25, -0.2) is 0 Å². The number of benzene rings is 4. The van der Waals surface area contributed by atoms with Crippen LogP contribution in [0.1, 0.15) is 0 Å². The van der Waals surface area contributed by atoms with Crippen molar-refractivity contribution in [3.8, 4) is 0 Å². The van der Waals surface area contributed by atoms with Gasteiger partial charge in [0.1, 0.15) is 0 Å². The minimum absolute atomic E-state index is 0.655. The second-order valence-electron chi connectivity index (χ2n) is 5.74. The molecule has 4 rings (SSSR count). The lowest BCUT2D eigenvalue weighted by Gasteiger charge is -2.22. The summed E-state index contributed by atoms with van der Waals surface area (Å²) in [5.74, 6) is 0. The largest absolute Gasteiger partial charge is 0.0622 e. The average Bonchev–Trinajstić information content (AvgIpc) is 2.66. The van der Waals surface area contributed by atoms with Crippen molar-refractivity contribution in [3.63, 3.8) is 0 Å². The van der Waals surface area contributed by atoms with Gasteiger partial charge in [0.15, 0.2) is 0 Å². The predicted molar refractivity (Wildman–Crippen MR) is 118 cm³/mol. The zero-order chi connectivity index (χ0) is 17.2. The fourth-order valence-corrected chi connectivity index (χ4v) is 7.20. The second-order valence-corrected chi connectivity index (χ2v) is 9.54. The van der Waals surface area contributed by atoms with Crippen molar-refractivity contribution >= 4 is 66.5 Å². The van der Waals surface area contributed by atoms with E-state index in [0.29, 0.717) is 0 Å². The highest BCUT2D eigenvalue weighted by Crippen LogP contribution is 2.39. The van der Waals surface area contributed by atoms with E-state index < -0.39 is 7.92 Å². The molecule has 0 saturated carbocycles. The number of halogens is 2. The quantitative estimate of drug-likeness (QED) is 0.317. The van der Waals surface area contributed by atoms with Crippen molar-refractivity contribution in [3.05, 3.63) is 99.9 Å². The van der Waals surface area contributed by atoms with E-state index in [1.807, 2.05) is 0 Å². The molecule has 0 aromatic heterocycles. The summed E-state index contributed by atoms with van der Waals surface area (Å²) in [5, 5.41) is 6.54. The third-order valence-electron chi connectivity index (χ3n) is 4.19. The standard InChI is InChI=1S/C22H15Br2P/c23-19-12-6-7-13-20(19)25(17-9-2-1-3-10-17)21-15-14-16-8-4-5-11-18(16)22(21)24/h1-15H. The molecule has 0 N–H and O–H groups in total. The van der Waals surface area contributed by atoms with Crippen molar-refractivity contribution in [1.29, 1.82) is 0 Å². The van der Waals surface area contributed by atoms with Gasteiger partial charge in [-0.15, -0.1) is 0 Å². The van der Waals surface area contributed by atoms with Crippen LogP contribution in [0.15, 0.2) is 99.9 Å². The molecule has 0 heterocycles. The predicted octanol–water partition coefficient (Wildman–Crippen LogP) is 6.12. The van der Waals surface area contributed by atoms with E-state index in [4.69, 9.17) is 0 Å². The molecule has 0 fully saturated rings. The number of hydrogen-bond acceptors (Lipinski definition) is 0. The van der Waals surface area contributed by atoms with Crippen molar-refractivity contribution in [2.75, 3.05) is 0 Å². The molecular formula is C22H15Br2P. The molecule has 0 radical (unpaired) electrons. The lowest BCUT2D eigenvalue weighted by Crippen LogP contribution is -2.22. The van der Waals surface area contributed by atoms with E-state index in [-0.39, 0.29) is 0 Å². The molecule has 0 amide bonds. The molecule has 25 heavy (non-hydrogen) atoms. The minimum Gasteiger partial charge on any atom is -0.0622 e. The van der Waals surface area contributed by atoms with E-state index >= 15 is 0 Å². The van der Waals surface area contributed by atoms with Crippen molar-refractivity contribution in [2.24, 2.45) is 0 Å². The van der Waals surface area contributed by atoms with Gasteiger partial charge in [-0.2, -0.15) is 0 Å². The van der Waals surface area contributed by atoms with Gasteiger partial charge in [-0.3, -0.25) is 0 Å². The maximum absolute atomic E-state index is 3.90. The first-order chi connectivity index (χ1) is 12.3. The van der Waals surface area contributed by atoms with Crippen LogP contribution in [0.2, 0.25) is 0 Å². The molecule has 0 spiro atoms. The van der Waals surface area contributed by atoms with Crippen LogP contribution in [0, 0.1) is 0 Å².